The highest BCUT2D eigenvalue weighted by atomic mass is 19.1. The van der Waals surface area contributed by atoms with E-state index in [0.29, 0.717) is 12.0 Å². The molecule has 3 heteroatoms. The summed E-state index contributed by atoms with van der Waals surface area (Å²) in [6, 6.07) is 3.46. The van der Waals surface area contributed by atoms with Gasteiger partial charge in [0.15, 0.2) is 0 Å². The molecule has 0 spiro atoms. The maximum Gasteiger partial charge on any atom is 0.126 e. The number of hydrogen-bond donors (Lipinski definition) is 1. The van der Waals surface area contributed by atoms with E-state index in [1.54, 1.807) is 0 Å². The van der Waals surface area contributed by atoms with Crippen LogP contribution in [0.5, 0.6) is 0 Å². The highest BCUT2D eigenvalue weighted by Crippen LogP contribution is 2.31. The average molecular weight is 226 g/mol. The van der Waals surface area contributed by atoms with Gasteiger partial charge in [0.25, 0.3) is 0 Å². The second-order valence-corrected chi connectivity index (χ2v) is 4.74. The van der Waals surface area contributed by atoms with Gasteiger partial charge in [0, 0.05) is 12.5 Å². The van der Waals surface area contributed by atoms with Gasteiger partial charge in [0.2, 0.25) is 0 Å². The van der Waals surface area contributed by atoms with E-state index in [4.69, 9.17) is 0 Å². The van der Waals surface area contributed by atoms with Gasteiger partial charge < -0.3 is 5.11 Å². The summed E-state index contributed by atoms with van der Waals surface area (Å²) in [5, 5.41) is 10.3. The van der Waals surface area contributed by atoms with Crippen molar-refractivity contribution in [3.8, 4) is 0 Å². The van der Waals surface area contributed by atoms with E-state index in [1.165, 1.54) is 12.1 Å². The molecule has 0 radical (unpaired) electrons. The van der Waals surface area contributed by atoms with E-state index in [9.17, 15) is 13.9 Å². The van der Waals surface area contributed by atoms with Crippen molar-refractivity contribution in [2.75, 3.05) is 0 Å². The Morgan fingerprint density at radius 2 is 1.56 bits per heavy atom. The minimum absolute atomic E-state index is 0.349. The van der Waals surface area contributed by atoms with Crippen molar-refractivity contribution in [3.05, 3.63) is 35.4 Å². The van der Waals surface area contributed by atoms with E-state index in [1.807, 2.05) is 0 Å². The highest BCUT2D eigenvalue weighted by Gasteiger charge is 2.29. The van der Waals surface area contributed by atoms with Crippen molar-refractivity contribution >= 4 is 0 Å². The molecule has 1 nitrogen and oxygen atoms in total. The van der Waals surface area contributed by atoms with Crippen LogP contribution < -0.4 is 0 Å². The van der Waals surface area contributed by atoms with Gasteiger partial charge in [-0.1, -0.05) is 19.3 Å². The number of halogens is 2. The van der Waals surface area contributed by atoms with Gasteiger partial charge >= 0.3 is 0 Å². The van der Waals surface area contributed by atoms with Crippen LogP contribution in [0.2, 0.25) is 0 Å². The molecule has 0 heterocycles. The largest absolute Gasteiger partial charge is 0.390 e. The molecular formula is C13H16F2O. The molecule has 0 aliphatic heterocycles. The molecule has 1 aliphatic rings. The number of hydrogen-bond acceptors (Lipinski definition) is 1. The smallest absolute Gasteiger partial charge is 0.126 e. The molecule has 0 amide bonds. The Hall–Kier alpha value is -0.960. The second kappa shape index (κ2) is 4.50. The maximum atomic E-state index is 13.0. The molecule has 0 atom stereocenters. The van der Waals surface area contributed by atoms with Crippen molar-refractivity contribution in [3.63, 3.8) is 0 Å². The summed E-state index contributed by atoms with van der Waals surface area (Å²) < 4.78 is 26.0. The molecule has 0 aromatic heterocycles. The Morgan fingerprint density at radius 1 is 1.00 bits per heavy atom. The first-order valence-corrected chi connectivity index (χ1v) is 5.75. The standard InChI is InChI=1S/C13H16F2O/c14-11-6-10(7-12(15)8-11)9-13(16)4-2-1-3-5-13/h6-8,16H,1-5,9H2. The van der Waals surface area contributed by atoms with Crippen molar-refractivity contribution in [2.45, 2.75) is 44.1 Å². The minimum atomic E-state index is -0.765. The third-order valence-electron chi connectivity index (χ3n) is 3.24. The number of rotatable bonds is 2. The molecule has 16 heavy (non-hydrogen) atoms. The average Bonchev–Trinajstić information content (AvgIpc) is 2.15. The van der Waals surface area contributed by atoms with Gasteiger partial charge in [0.1, 0.15) is 11.6 Å². The molecule has 0 unspecified atom stereocenters. The van der Waals surface area contributed by atoms with Crippen LogP contribution in [0.1, 0.15) is 37.7 Å². The predicted octanol–water partition coefficient (Wildman–Crippen LogP) is 3.20. The van der Waals surface area contributed by atoms with E-state index in [-0.39, 0.29) is 0 Å². The highest BCUT2D eigenvalue weighted by molar-refractivity contribution is 5.20. The Morgan fingerprint density at radius 3 is 2.12 bits per heavy atom. The first kappa shape index (κ1) is 11.5. The lowest BCUT2D eigenvalue weighted by molar-refractivity contribution is 0.00440. The normalized spacial score (nSPS) is 19.7. The van der Waals surface area contributed by atoms with Gasteiger partial charge in [0.05, 0.1) is 5.60 Å². The van der Waals surface area contributed by atoms with Gasteiger partial charge in [-0.15, -0.1) is 0 Å². The Kier molecular flexibility index (Phi) is 3.24. The second-order valence-electron chi connectivity index (χ2n) is 4.74. The molecule has 88 valence electrons. The van der Waals surface area contributed by atoms with Gasteiger partial charge in [-0.3, -0.25) is 0 Å². The van der Waals surface area contributed by atoms with Crippen LogP contribution in [-0.4, -0.2) is 10.7 Å². The quantitative estimate of drug-likeness (QED) is 0.821. The van der Waals surface area contributed by atoms with Crippen molar-refractivity contribution in [1.29, 1.82) is 0 Å². The fraction of sp³-hybridized carbons (Fsp3) is 0.538. The maximum absolute atomic E-state index is 13.0. The number of aliphatic hydroxyl groups is 1. The molecule has 1 saturated carbocycles. The van der Waals surface area contributed by atoms with Gasteiger partial charge in [-0.05, 0) is 30.5 Å². The van der Waals surface area contributed by atoms with Crippen LogP contribution in [0.25, 0.3) is 0 Å². The fourth-order valence-electron chi connectivity index (χ4n) is 2.48. The molecular weight excluding hydrogens is 210 g/mol. The van der Waals surface area contributed by atoms with Gasteiger partial charge in [-0.25, -0.2) is 8.78 Å². The lowest BCUT2D eigenvalue weighted by Gasteiger charge is -2.32. The summed E-state index contributed by atoms with van der Waals surface area (Å²) in [7, 11) is 0. The first-order valence-electron chi connectivity index (χ1n) is 5.75. The van der Waals surface area contributed by atoms with Crippen LogP contribution in [0, 0.1) is 11.6 Å². The fourth-order valence-corrected chi connectivity index (χ4v) is 2.48. The van der Waals surface area contributed by atoms with Crippen LogP contribution in [0.3, 0.4) is 0 Å². The van der Waals surface area contributed by atoms with Crippen LogP contribution in [0.4, 0.5) is 8.78 Å². The van der Waals surface area contributed by atoms with Crippen LogP contribution in [0.15, 0.2) is 18.2 Å². The van der Waals surface area contributed by atoms with Crippen molar-refractivity contribution < 1.29 is 13.9 Å². The molecule has 0 saturated heterocycles. The minimum Gasteiger partial charge on any atom is -0.390 e. The summed E-state index contributed by atoms with van der Waals surface area (Å²) in [5.41, 5.74) is -0.222. The summed E-state index contributed by atoms with van der Waals surface area (Å²) in [6.45, 7) is 0. The summed E-state index contributed by atoms with van der Waals surface area (Å²) in [5.74, 6) is -1.15. The SMILES string of the molecule is OC1(Cc2cc(F)cc(F)c2)CCCCC1. The summed E-state index contributed by atoms with van der Waals surface area (Å²) in [6.07, 6.45) is 4.93. The third kappa shape index (κ3) is 2.79. The van der Waals surface area contributed by atoms with Crippen LogP contribution >= 0.6 is 0 Å². The Balaban J connectivity index is 2.13. The molecule has 2 rings (SSSR count). The molecule has 1 aliphatic carbocycles. The molecule has 0 bridgehead atoms. The summed E-state index contributed by atoms with van der Waals surface area (Å²) in [4.78, 5) is 0. The molecule has 1 aromatic rings. The topological polar surface area (TPSA) is 20.2 Å². The lowest BCUT2D eigenvalue weighted by Crippen LogP contribution is -2.33. The van der Waals surface area contributed by atoms with Crippen molar-refractivity contribution in [2.24, 2.45) is 0 Å². The molecule has 1 fully saturated rings. The van der Waals surface area contributed by atoms with E-state index >= 15 is 0 Å². The summed E-state index contributed by atoms with van der Waals surface area (Å²) >= 11 is 0. The lowest BCUT2D eigenvalue weighted by atomic mass is 9.80. The Labute approximate surface area is 94.1 Å². The monoisotopic (exact) mass is 226 g/mol. The van der Waals surface area contributed by atoms with Crippen molar-refractivity contribution in [1.82, 2.24) is 0 Å². The molecule has 1 N–H and O–H groups in total. The van der Waals surface area contributed by atoms with E-state index in [2.05, 4.69) is 0 Å². The zero-order valence-corrected chi connectivity index (χ0v) is 9.18. The molecule has 1 aromatic carbocycles. The zero-order chi connectivity index (χ0) is 11.6. The van der Waals surface area contributed by atoms with Crippen LogP contribution in [-0.2, 0) is 6.42 Å². The zero-order valence-electron chi connectivity index (χ0n) is 9.18. The predicted molar refractivity (Wildman–Crippen MR) is 58.1 cm³/mol. The van der Waals surface area contributed by atoms with E-state index < -0.39 is 17.2 Å². The van der Waals surface area contributed by atoms with Gasteiger partial charge in [-0.2, -0.15) is 0 Å². The third-order valence-corrected chi connectivity index (χ3v) is 3.24. The first-order chi connectivity index (χ1) is 7.57. The Bertz CT molecular complexity index is 350. The van der Waals surface area contributed by atoms with E-state index in [0.717, 1.165) is 38.2 Å². The number of benzene rings is 1.